The van der Waals surface area contributed by atoms with E-state index in [2.05, 4.69) is 29.6 Å². The molecule has 1 aliphatic carbocycles. The highest BCUT2D eigenvalue weighted by Crippen LogP contribution is 2.34. The quantitative estimate of drug-likeness (QED) is 0.634. The number of fused-ring (bicyclic) bond motifs is 3. The van der Waals surface area contributed by atoms with Crippen LogP contribution in [0.2, 0.25) is 0 Å². The zero-order valence-electron chi connectivity index (χ0n) is 8.58. The zero-order valence-corrected chi connectivity index (χ0v) is 8.58. The molecule has 1 aromatic rings. The van der Waals surface area contributed by atoms with E-state index in [1.807, 2.05) is 0 Å². The molecule has 0 unspecified atom stereocenters. The van der Waals surface area contributed by atoms with Crippen LogP contribution in [0, 0.1) is 0 Å². The second-order valence-corrected chi connectivity index (χ2v) is 4.67. The largest absolute Gasteiger partial charge is 0.343 e. The van der Waals surface area contributed by atoms with Gasteiger partial charge in [-0.25, -0.2) is 0 Å². The van der Waals surface area contributed by atoms with E-state index in [1.54, 1.807) is 11.1 Å². The number of benzene rings is 1. The molecule has 1 aromatic carbocycles. The van der Waals surface area contributed by atoms with E-state index in [-0.39, 0.29) is 0 Å². The van der Waals surface area contributed by atoms with E-state index in [9.17, 15) is 0 Å². The first kappa shape index (κ1) is 8.49. The molecule has 1 nitrogen and oxygen atoms in total. The van der Waals surface area contributed by atoms with Crippen LogP contribution < -0.4 is 5.32 Å². The maximum absolute atomic E-state index is 2.57. The molecule has 1 aliphatic heterocycles. The Morgan fingerprint density at radius 1 is 1.14 bits per heavy atom. The third-order valence-corrected chi connectivity index (χ3v) is 3.91. The van der Waals surface area contributed by atoms with Crippen LogP contribution in [-0.4, -0.2) is 12.6 Å². The lowest BCUT2D eigenvalue weighted by Gasteiger charge is -2.35. The average molecular weight is 188 g/mol. The Bertz CT molecular complexity index is 332. The molecular weight excluding hydrogens is 170 g/mol. The molecule has 74 valence electrons. The normalized spacial score (nSPS) is 30.6. The van der Waals surface area contributed by atoms with E-state index in [0.29, 0.717) is 0 Å². The summed E-state index contributed by atoms with van der Waals surface area (Å²) < 4.78 is 0. The van der Waals surface area contributed by atoms with Crippen molar-refractivity contribution in [3.63, 3.8) is 0 Å². The summed E-state index contributed by atoms with van der Waals surface area (Å²) in [6.45, 7) is 1.35. The third-order valence-electron chi connectivity index (χ3n) is 3.91. The predicted octanol–water partition coefficient (Wildman–Crippen LogP) is 1.44. The van der Waals surface area contributed by atoms with E-state index in [4.69, 9.17) is 0 Å². The summed E-state index contributed by atoms with van der Waals surface area (Å²) in [5.41, 5.74) is 3.27. The van der Waals surface area contributed by atoms with Gasteiger partial charge in [-0.1, -0.05) is 24.3 Å². The first-order chi connectivity index (χ1) is 6.95. The van der Waals surface area contributed by atoms with Crippen molar-refractivity contribution in [1.82, 2.24) is 0 Å². The lowest BCUT2D eigenvalue weighted by Crippen LogP contribution is -2.93. The number of quaternary nitrogens is 1. The minimum absolute atomic E-state index is 0.855. The maximum Gasteiger partial charge on any atom is 0.0931 e. The highest BCUT2D eigenvalue weighted by atomic mass is 14.9. The minimum atomic E-state index is 0.855. The monoisotopic (exact) mass is 188 g/mol. The predicted molar refractivity (Wildman–Crippen MR) is 57.3 cm³/mol. The molecule has 0 spiro atoms. The molecule has 0 radical (unpaired) electrons. The second-order valence-electron chi connectivity index (χ2n) is 4.67. The van der Waals surface area contributed by atoms with Crippen LogP contribution >= 0.6 is 0 Å². The van der Waals surface area contributed by atoms with Crippen LogP contribution in [0.1, 0.15) is 36.3 Å². The lowest BCUT2D eigenvalue weighted by molar-refractivity contribution is -0.701. The highest BCUT2D eigenvalue weighted by molar-refractivity contribution is 5.33. The lowest BCUT2D eigenvalue weighted by atomic mass is 9.75. The van der Waals surface area contributed by atoms with Crippen molar-refractivity contribution in [3.8, 4) is 0 Å². The van der Waals surface area contributed by atoms with E-state index >= 15 is 0 Å². The van der Waals surface area contributed by atoms with E-state index < -0.39 is 0 Å². The van der Waals surface area contributed by atoms with Crippen LogP contribution in [0.25, 0.3) is 0 Å². The van der Waals surface area contributed by atoms with Gasteiger partial charge in [-0.15, -0.1) is 0 Å². The average Bonchev–Trinajstić information content (AvgIpc) is 2.29. The molecule has 0 saturated carbocycles. The third kappa shape index (κ3) is 1.27. The van der Waals surface area contributed by atoms with Gasteiger partial charge in [0, 0.05) is 12.3 Å². The van der Waals surface area contributed by atoms with Gasteiger partial charge in [-0.3, -0.25) is 0 Å². The van der Waals surface area contributed by atoms with Gasteiger partial charge >= 0.3 is 0 Å². The van der Waals surface area contributed by atoms with Crippen molar-refractivity contribution in [2.75, 3.05) is 6.54 Å². The van der Waals surface area contributed by atoms with Crippen molar-refractivity contribution in [1.29, 1.82) is 0 Å². The van der Waals surface area contributed by atoms with Crippen LogP contribution in [-0.2, 0) is 6.42 Å². The van der Waals surface area contributed by atoms with Crippen molar-refractivity contribution >= 4 is 0 Å². The van der Waals surface area contributed by atoms with Gasteiger partial charge in [0.25, 0.3) is 0 Å². The summed E-state index contributed by atoms with van der Waals surface area (Å²) in [7, 11) is 0. The Morgan fingerprint density at radius 2 is 2.07 bits per heavy atom. The van der Waals surface area contributed by atoms with Gasteiger partial charge < -0.3 is 5.32 Å². The topological polar surface area (TPSA) is 16.6 Å². The van der Waals surface area contributed by atoms with Gasteiger partial charge in [-0.2, -0.15) is 0 Å². The van der Waals surface area contributed by atoms with Crippen molar-refractivity contribution in [2.24, 2.45) is 0 Å². The second kappa shape index (κ2) is 3.39. The standard InChI is InChI=1S/C13H17N/c1-2-5-11-10(4-1)7-8-13-12(11)6-3-9-14-13/h1-2,4-5,12-14H,3,6-9H2/p+1/t12-,13-/m0/s1. The van der Waals surface area contributed by atoms with Gasteiger partial charge in [0.1, 0.15) is 0 Å². The molecule has 0 bridgehead atoms. The molecule has 1 heterocycles. The van der Waals surface area contributed by atoms with Crippen molar-refractivity contribution in [3.05, 3.63) is 35.4 Å². The number of nitrogens with two attached hydrogens (primary N) is 1. The van der Waals surface area contributed by atoms with Gasteiger partial charge in [0.2, 0.25) is 0 Å². The Labute approximate surface area is 85.5 Å². The summed E-state index contributed by atoms with van der Waals surface area (Å²) in [6.07, 6.45) is 5.50. The number of aryl methyl sites for hydroxylation is 1. The Morgan fingerprint density at radius 3 is 3.07 bits per heavy atom. The SMILES string of the molecule is c1ccc2c(c1)CC[C@@H]1[NH2+]CCC[C@@H]21. The molecule has 2 atom stereocenters. The molecule has 1 heteroatoms. The summed E-state index contributed by atoms with van der Waals surface area (Å²) in [4.78, 5) is 0. The summed E-state index contributed by atoms with van der Waals surface area (Å²) in [5.74, 6) is 0.855. The number of hydrogen-bond acceptors (Lipinski definition) is 0. The smallest absolute Gasteiger partial charge is 0.0931 e. The summed E-state index contributed by atoms with van der Waals surface area (Å²) in [6, 6.07) is 9.95. The molecule has 14 heavy (non-hydrogen) atoms. The molecule has 0 amide bonds. The highest BCUT2D eigenvalue weighted by Gasteiger charge is 2.33. The molecule has 3 rings (SSSR count). The minimum Gasteiger partial charge on any atom is -0.343 e. The van der Waals surface area contributed by atoms with Gasteiger partial charge in [-0.05, 0) is 30.4 Å². The Kier molecular flexibility index (Phi) is 2.06. The van der Waals surface area contributed by atoms with Crippen LogP contribution in [0.15, 0.2) is 24.3 Å². The fourth-order valence-corrected chi connectivity index (χ4v) is 3.20. The molecule has 2 aliphatic rings. The molecule has 1 saturated heterocycles. The van der Waals surface area contributed by atoms with Crippen LogP contribution in [0.5, 0.6) is 0 Å². The summed E-state index contributed by atoms with van der Waals surface area (Å²) in [5, 5.41) is 2.57. The van der Waals surface area contributed by atoms with E-state index in [0.717, 1.165) is 12.0 Å². The zero-order chi connectivity index (χ0) is 9.38. The van der Waals surface area contributed by atoms with Gasteiger partial charge in [0.05, 0.1) is 12.6 Å². The van der Waals surface area contributed by atoms with Crippen molar-refractivity contribution < 1.29 is 5.32 Å². The molecular formula is C13H18N+. The van der Waals surface area contributed by atoms with E-state index in [1.165, 1.54) is 32.2 Å². The first-order valence-electron chi connectivity index (χ1n) is 5.86. The fraction of sp³-hybridized carbons (Fsp3) is 0.538. The molecule has 0 aromatic heterocycles. The maximum atomic E-state index is 2.57. The van der Waals surface area contributed by atoms with Crippen molar-refractivity contribution in [2.45, 2.75) is 37.6 Å². The first-order valence-corrected chi connectivity index (χ1v) is 5.86. The fourth-order valence-electron chi connectivity index (χ4n) is 3.20. The Balaban J connectivity index is 1.99. The molecule has 1 fully saturated rings. The number of rotatable bonds is 0. The number of piperidine rings is 1. The number of hydrogen-bond donors (Lipinski definition) is 1. The summed E-state index contributed by atoms with van der Waals surface area (Å²) >= 11 is 0. The van der Waals surface area contributed by atoms with Crippen LogP contribution in [0.3, 0.4) is 0 Å². The van der Waals surface area contributed by atoms with Gasteiger partial charge in [0.15, 0.2) is 0 Å². The Hall–Kier alpha value is -0.820. The molecule has 2 N–H and O–H groups in total. The van der Waals surface area contributed by atoms with Crippen LogP contribution in [0.4, 0.5) is 0 Å².